The quantitative estimate of drug-likeness (QED) is 0.494. The molecule has 1 saturated heterocycles. The Balaban J connectivity index is 1.52. The molecule has 2 heterocycles. The van der Waals surface area contributed by atoms with Crippen LogP contribution in [0.5, 0.6) is 0 Å². The van der Waals surface area contributed by atoms with Gasteiger partial charge in [0, 0.05) is 31.3 Å². The van der Waals surface area contributed by atoms with E-state index in [0.717, 1.165) is 22.5 Å². The second-order valence-corrected chi connectivity index (χ2v) is 11.1. The summed E-state index contributed by atoms with van der Waals surface area (Å²) in [5.74, 6) is 1.10. The van der Waals surface area contributed by atoms with E-state index in [1.54, 1.807) is 21.7 Å². The maximum atomic E-state index is 13.5. The lowest BCUT2D eigenvalue weighted by Gasteiger charge is -2.27. The predicted octanol–water partition coefficient (Wildman–Crippen LogP) is 5.32. The number of carboxylic acid groups (broad SMARTS) is 1. The zero-order valence-corrected chi connectivity index (χ0v) is 22.0. The van der Waals surface area contributed by atoms with Gasteiger partial charge in [0.25, 0.3) is 0 Å². The fourth-order valence-electron chi connectivity index (χ4n) is 5.17. The first kappa shape index (κ1) is 25.3. The van der Waals surface area contributed by atoms with Crippen LogP contribution in [0, 0.1) is 36.0 Å². The molecule has 38 heavy (non-hydrogen) atoms. The van der Waals surface area contributed by atoms with Gasteiger partial charge in [-0.15, -0.1) is 5.10 Å². The average Bonchev–Trinajstić information content (AvgIpc) is 3.20. The molecule has 9 heteroatoms. The predicted molar refractivity (Wildman–Crippen MR) is 142 cm³/mol. The van der Waals surface area contributed by atoms with E-state index in [0.29, 0.717) is 31.0 Å². The minimum atomic E-state index is -0.899. The van der Waals surface area contributed by atoms with Crippen molar-refractivity contribution in [1.29, 1.82) is 5.26 Å². The molecule has 196 valence electrons. The molecule has 1 N–H and O–H groups in total. The minimum absolute atomic E-state index is 0.181. The topological polar surface area (TPSA) is 112 Å². The molecule has 0 radical (unpaired) electrons. The Kier molecular flexibility index (Phi) is 6.35. The van der Waals surface area contributed by atoms with E-state index in [2.05, 4.69) is 6.07 Å². The van der Waals surface area contributed by atoms with E-state index in [1.807, 2.05) is 70.2 Å². The first-order valence-corrected chi connectivity index (χ1v) is 12.7. The number of likely N-dealkylation sites (tertiary alicyclic amines) is 1. The smallest absolute Gasteiger partial charge is 0.416 e. The van der Waals surface area contributed by atoms with Gasteiger partial charge in [0.1, 0.15) is 5.60 Å². The van der Waals surface area contributed by atoms with Crippen molar-refractivity contribution in [2.45, 2.75) is 33.3 Å². The summed E-state index contributed by atoms with van der Waals surface area (Å²) >= 11 is 0. The summed E-state index contributed by atoms with van der Waals surface area (Å²) in [6.45, 7) is 8.87. The highest BCUT2D eigenvalue weighted by atomic mass is 16.6. The lowest BCUT2D eigenvalue weighted by atomic mass is 10.1. The number of carbonyl (C=O) groups excluding carboxylic acids is 1. The molecular weight excluding hydrogens is 482 g/mol. The second-order valence-electron chi connectivity index (χ2n) is 11.1. The van der Waals surface area contributed by atoms with Crippen LogP contribution in [0.1, 0.15) is 31.9 Å². The lowest BCUT2D eigenvalue weighted by Crippen LogP contribution is -2.40. The van der Waals surface area contributed by atoms with Gasteiger partial charge in [-0.25, -0.2) is 14.3 Å². The summed E-state index contributed by atoms with van der Waals surface area (Å²) in [4.78, 5) is 27.8. The van der Waals surface area contributed by atoms with Crippen LogP contribution in [-0.2, 0) is 4.74 Å². The summed E-state index contributed by atoms with van der Waals surface area (Å²) in [6, 6.07) is 19.2. The number of carbonyl (C=O) groups is 2. The van der Waals surface area contributed by atoms with Crippen LogP contribution >= 0.6 is 0 Å². The first-order chi connectivity index (χ1) is 18.0. The number of piperidine rings is 1. The van der Waals surface area contributed by atoms with Crippen molar-refractivity contribution in [3.8, 4) is 23.0 Å². The van der Waals surface area contributed by atoms with Crippen molar-refractivity contribution < 1.29 is 19.4 Å². The van der Waals surface area contributed by atoms with Crippen LogP contribution in [-0.4, -0.2) is 57.2 Å². The van der Waals surface area contributed by atoms with Crippen molar-refractivity contribution in [1.82, 2.24) is 14.7 Å². The van der Waals surface area contributed by atoms with Crippen molar-refractivity contribution in [3.63, 3.8) is 0 Å². The van der Waals surface area contributed by atoms with Crippen LogP contribution in [0.15, 0.2) is 54.6 Å². The fraction of sp³-hybridized carbons (Fsp3) is 0.379. The van der Waals surface area contributed by atoms with Crippen LogP contribution < -0.4 is 4.90 Å². The number of benzene rings is 2. The Morgan fingerprint density at radius 2 is 1.74 bits per heavy atom. The average molecular weight is 514 g/mol. The molecule has 1 aliphatic carbocycles. The molecule has 0 spiro atoms. The second kappa shape index (κ2) is 9.53. The molecule has 2 amide bonds. The number of aryl methyl sites for hydroxylation is 1. The fourth-order valence-corrected chi connectivity index (χ4v) is 5.17. The van der Waals surface area contributed by atoms with Crippen LogP contribution in [0.3, 0.4) is 0 Å². The number of nitrogens with zero attached hydrogens (tertiary/aromatic N) is 5. The highest BCUT2D eigenvalue weighted by molar-refractivity contribution is 5.88. The van der Waals surface area contributed by atoms with Crippen molar-refractivity contribution >= 4 is 18.0 Å². The summed E-state index contributed by atoms with van der Waals surface area (Å²) in [5.41, 5.74) is 3.48. The summed E-state index contributed by atoms with van der Waals surface area (Å²) in [7, 11) is 0. The number of amides is 2. The van der Waals surface area contributed by atoms with Crippen molar-refractivity contribution in [2.24, 2.45) is 17.8 Å². The Morgan fingerprint density at radius 1 is 1.11 bits per heavy atom. The Morgan fingerprint density at radius 3 is 2.29 bits per heavy atom. The lowest BCUT2D eigenvalue weighted by molar-refractivity contribution is 0.0574. The van der Waals surface area contributed by atoms with E-state index >= 15 is 0 Å². The number of rotatable bonds is 5. The number of anilines is 1. The maximum Gasteiger partial charge on any atom is 0.416 e. The zero-order valence-electron chi connectivity index (χ0n) is 22.0. The number of ether oxygens (including phenoxy) is 1. The molecule has 2 aliphatic rings. The molecular formula is C29H31N5O4. The van der Waals surface area contributed by atoms with Gasteiger partial charge in [0.2, 0.25) is 0 Å². The number of aromatic nitrogens is 2. The highest BCUT2D eigenvalue weighted by Gasteiger charge is 2.57. The third-order valence-electron chi connectivity index (χ3n) is 7.21. The van der Waals surface area contributed by atoms with Gasteiger partial charge in [0.15, 0.2) is 5.82 Å². The van der Waals surface area contributed by atoms with Crippen LogP contribution in [0.2, 0.25) is 0 Å². The normalized spacial score (nSPS) is 20.0. The van der Waals surface area contributed by atoms with E-state index < -0.39 is 17.8 Å². The SMILES string of the molecule is Cc1ccc(-c2cc(N(CC3[C@H]4CN(C(=O)O)C[C@@H]34)C(=O)OC(C)(C)C)nn2-c2ccc(C#N)cc2)cc1. The van der Waals surface area contributed by atoms with E-state index in [1.165, 1.54) is 4.90 Å². The molecule has 3 aromatic rings. The summed E-state index contributed by atoms with van der Waals surface area (Å²) in [5, 5.41) is 23.4. The Hall–Kier alpha value is -4.32. The Labute approximate surface area is 221 Å². The van der Waals surface area contributed by atoms with Crippen molar-refractivity contribution in [2.75, 3.05) is 24.5 Å². The van der Waals surface area contributed by atoms with Gasteiger partial charge >= 0.3 is 12.2 Å². The molecule has 1 unspecified atom stereocenters. The molecule has 3 atom stereocenters. The molecule has 2 fully saturated rings. The minimum Gasteiger partial charge on any atom is -0.465 e. The number of fused-ring (bicyclic) bond motifs is 1. The van der Waals surface area contributed by atoms with Gasteiger partial charge in [-0.1, -0.05) is 29.8 Å². The highest BCUT2D eigenvalue weighted by Crippen LogP contribution is 2.52. The maximum absolute atomic E-state index is 13.5. The van der Waals surface area contributed by atoms with Gasteiger partial charge < -0.3 is 14.7 Å². The monoisotopic (exact) mass is 513 g/mol. The summed E-state index contributed by atoms with van der Waals surface area (Å²) in [6.07, 6.45) is -1.39. The zero-order chi connectivity index (χ0) is 27.2. The molecule has 1 saturated carbocycles. The summed E-state index contributed by atoms with van der Waals surface area (Å²) < 4.78 is 7.54. The van der Waals surface area contributed by atoms with Crippen molar-refractivity contribution in [3.05, 3.63) is 65.7 Å². The first-order valence-electron chi connectivity index (χ1n) is 12.7. The molecule has 1 aliphatic heterocycles. The molecule has 5 rings (SSSR count). The third kappa shape index (κ3) is 5.07. The molecule has 2 aromatic carbocycles. The van der Waals surface area contributed by atoms with Gasteiger partial charge in [-0.2, -0.15) is 5.26 Å². The third-order valence-corrected chi connectivity index (χ3v) is 7.21. The standard InChI is InChI=1S/C29H31N5O4/c1-18-5-9-20(10-6-18)25-13-26(31-34(25)21-11-7-19(14-30)8-12-21)33(28(37)38-29(2,3)4)17-24-22-15-32(27(35)36)16-23(22)24/h5-13,22-24H,15-17H2,1-4H3,(H,35,36)/t22-,23+,24?. The van der Waals surface area contributed by atoms with E-state index in [4.69, 9.17) is 9.84 Å². The number of hydrogen-bond donors (Lipinski definition) is 1. The number of nitriles is 1. The van der Waals surface area contributed by atoms with E-state index in [-0.39, 0.29) is 17.8 Å². The van der Waals surface area contributed by atoms with E-state index in [9.17, 15) is 20.0 Å². The molecule has 1 aromatic heterocycles. The van der Waals surface area contributed by atoms with Gasteiger partial charge in [-0.05, 0) is 69.7 Å². The molecule has 0 bridgehead atoms. The largest absolute Gasteiger partial charge is 0.465 e. The van der Waals surface area contributed by atoms with Gasteiger partial charge in [-0.3, -0.25) is 4.90 Å². The van der Waals surface area contributed by atoms with Crippen LogP contribution in [0.4, 0.5) is 15.4 Å². The number of hydrogen-bond acceptors (Lipinski definition) is 5. The van der Waals surface area contributed by atoms with Crippen LogP contribution in [0.25, 0.3) is 16.9 Å². The van der Waals surface area contributed by atoms with Gasteiger partial charge in [0.05, 0.1) is 23.0 Å². The molecule has 9 nitrogen and oxygen atoms in total. The Bertz CT molecular complexity index is 1390.